The molecule has 138 valence electrons. The zero-order valence-corrected chi connectivity index (χ0v) is 18.2. The molecule has 1 aromatic heterocycles. The molecule has 2 aromatic rings. The number of guanidine groups is 1. The molecule has 4 nitrogen and oxygen atoms in total. The first kappa shape index (κ1) is 21.9. The minimum Gasteiger partial charge on any atom is -0.352 e. The standard InChI is InChI=1S/C18H25FN4S.HI/c1-13-5-7-16(24-13)11-22-18(20-2)21-10-14-6-8-17(19)15(9-14)12-23(3)4;/h5-9H,10-12H2,1-4H3,(H2,20,21,22);1H. The number of hydrogen-bond donors (Lipinski definition) is 2. The van der Waals surface area contributed by atoms with Crippen molar-refractivity contribution in [2.75, 3.05) is 21.1 Å². The van der Waals surface area contributed by atoms with E-state index in [4.69, 9.17) is 0 Å². The average molecular weight is 476 g/mol. The van der Waals surface area contributed by atoms with Gasteiger partial charge >= 0.3 is 0 Å². The summed E-state index contributed by atoms with van der Waals surface area (Å²) in [5.41, 5.74) is 1.74. The molecule has 0 spiro atoms. The van der Waals surface area contributed by atoms with Gasteiger partial charge in [0.05, 0.1) is 6.54 Å². The van der Waals surface area contributed by atoms with Crippen LogP contribution in [0.5, 0.6) is 0 Å². The maximum atomic E-state index is 13.8. The van der Waals surface area contributed by atoms with Gasteiger partial charge in [0.15, 0.2) is 5.96 Å². The fourth-order valence-corrected chi connectivity index (χ4v) is 3.19. The normalized spacial score (nSPS) is 11.4. The second-order valence-corrected chi connectivity index (χ2v) is 7.33. The number of thiophene rings is 1. The van der Waals surface area contributed by atoms with Crippen molar-refractivity contribution in [1.29, 1.82) is 0 Å². The molecule has 2 rings (SSSR count). The van der Waals surface area contributed by atoms with Crippen molar-refractivity contribution in [2.45, 2.75) is 26.6 Å². The molecule has 0 unspecified atom stereocenters. The van der Waals surface area contributed by atoms with Crippen LogP contribution in [0, 0.1) is 12.7 Å². The summed E-state index contributed by atoms with van der Waals surface area (Å²) in [5, 5.41) is 6.56. The molecular formula is C18H26FIN4S. The monoisotopic (exact) mass is 476 g/mol. The molecule has 1 heterocycles. The molecule has 0 bridgehead atoms. The Bertz CT molecular complexity index is 700. The molecular weight excluding hydrogens is 450 g/mol. The van der Waals surface area contributed by atoms with Crippen molar-refractivity contribution in [3.8, 4) is 0 Å². The fraction of sp³-hybridized carbons (Fsp3) is 0.389. The number of aliphatic imine (C=N–C) groups is 1. The number of rotatable bonds is 6. The predicted octanol–water partition coefficient (Wildman–Crippen LogP) is 3.74. The van der Waals surface area contributed by atoms with E-state index in [1.807, 2.05) is 25.1 Å². The van der Waals surface area contributed by atoms with Crippen LogP contribution >= 0.6 is 35.3 Å². The van der Waals surface area contributed by atoms with E-state index in [0.717, 1.165) is 18.1 Å². The average Bonchev–Trinajstić information content (AvgIpc) is 2.95. The van der Waals surface area contributed by atoms with E-state index < -0.39 is 0 Å². The van der Waals surface area contributed by atoms with Gasteiger partial charge in [-0.2, -0.15) is 0 Å². The third-order valence-electron chi connectivity index (χ3n) is 3.51. The SMILES string of the molecule is CN=C(NCc1ccc(F)c(CN(C)C)c1)NCc1ccc(C)s1.I. The second-order valence-electron chi connectivity index (χ2n) is 5.96. The predicted molar refractivity (Wildman–Crippen MR) is 115 cm³/mol. The molecule has 0 aliphatic heterocycles. The molecule has 0 atom stereocenters. The highest BCUT2D eigenvalue weighted by molar-refractivity contribution is 14.0. The fourth-order valence-electron chi connectivity index (χ4n) is 2.36. The third-order valence-corrected chi connectivity index (χ3v) is 4.51. The summed E-state index contributed by atoms with van der Waals surface area (Å²) in [6, 6.07) is 9.46. The van der Waals surface area contributed by atoms with Crippen molar-refractivity contribution in [3.63, 3.8) is 0 Å². The van der Waals surface area contributed by atoms with Crippen LogP contribution in [0.25, 0.3) is 0 Å². The van der Waals surface area contributed by atoms with Gasteiger partial charge in [-0.15, -0.1) is 35.3 Å². The number of nitrogens with zero attached hydrogens (tertiary/aromatic N) is 2. The molecule has 0 fully saturated rings. The maximum Gasteiger partial charge on any atom is 0.191 e. The lowest BCUT2D eigenvalue weighted by molar-refractivity contribution is 0.392. The van der Waals surface area contributed by atoms with E-state index in [0.29, 0.717) is 18.7 Å². The van der Waals surface area contributed by atoms with E-state index in [-0.39, 0.29) is 29.8 Å². The number of hydrogen-bond acceptors (Lipinski definition) is 3. The van der Waals surface area contributed by atoms with Gasteiger partial charge in [-0.05, 0) is 50.8 Å². The first-order valence-electron chi connectivity index (χ1n) is 7.90. The molecule has 1 aromatic carbocycles. The van der Waals surface area contributed by atoms with Gasteiger partial charge < -0.3 is 15.5 Å². The lowest BCUT2D eigenvalue weighted by Gasteiger charge is -2.14. The Balaban J connectivity index is 0.00000312. The number of nitrogens with one attached hydrogen (secondary N) is 2. The quantitative estimate of drug-likeness (QED) is 0.379. The molecule has 0 saturated carbocycles. The van der Waals surface area contributed by atoms with Gasteiger partial charge in [0.1, 0.15) is 5.82 Å². The third kappa shape index (κ3) is 7.29. The summed E-state index contributed by atoms with van der Waals surface area (Å²) in [6.45, 7) is 4.03. The summed E-state index contributed by atoms with van der Waals surface area (Å²) < 4.78 is 13.8. The van der Waals surface area contributed by atoms with Crippen LogP contribution in [0.3, 0.4) is 0 Å². The van der Waals surface area contributed by atoms with Crippen LogP contribution in [0.15, 0.2) is 35.3 Å². The van der Waals surface area contributed by atoms with Crippen molar-refractivity contribution in [1.82, 2.24) is 15.5 Å². The zero-order chi connectivity index (χ0) is 17.5. The summed E-state index contributed by atoms with van der Waals surface area (Å²) in [6.07, 6.45) is 0. The minimum absolute atomic E-state index is 0. The Morgan fingerprint density at radius 2 is 1.88 bits per heavy atom. The van der Waals surface area contributed by atoms with Crippen molar-refractivity contribution in [3.05, 3.63) is 57.0 Å². The Labute approximate surface area is 170 Å². The van der Waals surface area contributed by atoms with Crippen LogP contribution in [-0.4, -0.2) is 32.0 Å². The number of benzene rings is 1. The van der Waals surface area contributed by atoms with Crippen molar-refractivity contribution >= 4 is 41.3 Å². The molecule has 7 heteroatoms. The van der Waals surface area contributed by atoms with Gasteiger partial charge in [-0.25, -0.2) is 4.39 Å². The van der Waals surface area contributed by atoms with Gasteiger partial charge in [0.2, 0.25) is 0 Å². The number of halogens is 2. The van der Waals surface area contributed by atoms with Crippen LogP contribution in [0.1, 0.15) is 20.9 Å². The maximum absolute atomic E-state index is 13.8. The van der Waals surface area contributed by atoms with E-state index in [2.05, 4.69) is 34.7 Å². The molecule has 2 N–H and O–H groups in total. The molecule has 0 aliphatic carbocycles. The highest BCUT2D eigenvalue weighted by atomic mass is 127. The van der Waals surface area contributed by atoms with Gasteiger partial charge in [-0.3, -0.25) is 4.99 Å². The first-order valence-corrected chi connectivity index (χ1v) is 8.71. The Morgan fingerprint density at radius 3 is 2.48 bits per heavy atom. The molecule has 0 radical (unpaired) electrons. The zero-order valence-electron chi connectivity index (χ0n) is 15.1. The first-order chi connectivity index (χ1) is 11.5. The molecule has 0 amide bonds. The van der Waals surface area contributed by atoms with Gasteiger partial charge in [0.25, 0.3) is 0 Å². The van der Waals surface area contributed by atoms with Crippen LogP contribution in [0.4, 0.5) is 4.39 Å². The van der Waals surface area contributed by atoms with Crippen molar-refractivity contribution < 1.29 is 4.39 Å². The van der Waals surface area contributed by atoms with Gasteiger partial charge in [-0.1, -0.05) is 6.07 Å². The van der Waals surface area contributed by atoms with Crippen LogP contribution < -0.4 is 10.6 Å². The second kappa shape index (κ2) is 10.7. The Kier molecular flexibility index (Phi) is 9.37. The smallest absolute Gasteiger partial charge is 0.191 e. The summed E-state index contributed by atoms with van der Waals surface area (Å²) >= 11 is 1.77. The molecule has 0 aliphatic rings. The molecule has 0 saturated heterocycles. The van der Waals surface area contributed by atoms with E-state index >= 15 is 0 Å². The van der Waals surface area contributed by atoms with E-state index in [1.165, 1.54) is 15.8 Å². The van der Waals surface area contributed by atoms with Crippen molar-refractivity contribution in [2.24, 2.45) is 4.99 Å². The van der Waals surface area contributed by atoms with Crippen LogP contribution in [-0.2, 0) is 19.6 Å². The van der Waals surface area contributed by atoms with E-state index in [1.54, 1.807) is 24.5 Å². The van der Waals surface area contributed by atoms with Gasteiger partial charge in [0, 0.05) is 35.5 Å². The van der Waals surface area contributed by atoms with Crippen LogP contribution in [0.2, 0.25) is 0 Å². The Hall–Kier alpha value is -1.19. The summed E-state index contributed by atoms with van der Waals surface area (Å²) in [5.74, 6) is 0.572. The molecule has 25 heavy (non-hydrogen) atoms. The summed E-state index contributed by atoms with van der Waals surface area (Å²) in [4.78, 5) is 8.76. The Morgan fingerprint density at radius 1 is 1.16 bits per heavy atom. The van der Waals surface area contributed by atoms with E-state index in [9.17, 15) is 4.39 Å². The lowest BCUT2D eigenvalue weighted by atomic mass is 10.1. The lowest BCUT2D eigenvalue weighted by Crippen LogP contribution is -2.36. The summed E-state index contributed by atoms with van der Waals surface area (Å²) in [7, 11) is 5.61. The minimum atomic E-state index is -0.164. The topological polar surface area (TPSA) is 39.7 Å². The highest BCUT2D eigenvalue weighted by Gasteiger charge is 2.06. The highest BCUT2D eigenvalue weighted by Crippen LogP contribution is 2.14. The largest absolute Gasteiger partial charge is 0.352 e. The number of aryl methyl sites for hydroxylation is 1.